The van der Waals surface area contributed by atoms with Crippen LogP contribution in [-0.2, 0) is 9.59 Å². The number of nitro benzene ring substituents is 1. The predicted octanol–water partition coefficient (Wildman–Crippen LogP) is 3.06. The number of piperidine rings is 1. The summed E-state index contributed by atoms with van der Waals surface area (Å²) in [6.45, 7) is 1.75. The van der Waals surface area contributed by atoms with Crippen LogP contribution in [0.1, 0.15) is 25.7 Å². The van der Waals surface area contributed by atoms with Crippen LogP contribution in [0.15, 0.2) is 23.2 Å². The summed E-state index contributed by atoms with van der Waals surface area (Å²) < 4.78 is 0. The number of aliphatic imine (C=N–C) groups is 1. The third kappa shape index (κ3) is 4.34. The van der Waals surface area contributed by atoms with Gasteiger partial charge in [-0.05, 0) is 25.3 Å². The Morgan fingerprint density at radius 2 is 2.12 bits per heavy atom. The maximum Gasteiger partial charge on any atom is 0.271 e. The SMILES string of the molecule is O=C(C[C@H]1SC(N2CCCCC2)=NC1=O)Nc1cc([N+](=O)[O-])ccc1Cl. The molecule has 2 heterocycles. The summed E-state index contributed by atoms with van der Waals surface area (Å²) in [5, 5.41) is 13.7. The van der Waals surface area contributed by atoms with Gasteiger partial charge in [0, 0.05) is 31.6 Å². The average molecular weight is 397 g/mol. The van der Waals surface area contributed by atoms with Crippen LogP contribution in [0.5, 0.6) is 0 Å². The van der Waals surface area contributed by atoms with Gasteiger partial charge in [-0.3, -0.25) is 19.7 Å². The predicted molar refractivity (Wildman–Crippen MR) is 101 cm³/mol. The number of halogens is 1. The number of hydrogen-bond donors (Lipinski definition) is 1. The van der Waals surface area contributed by atoms with E-state index in [0.717, 1.165) is 25.9 Å². The molecule has 2 aliphatic rings. The molecule has 0 radical (unpaired) electrons. The number of hydrogen-bond acceptors (Lipinski definition) is 6. The highest BCUT2D eigenvalue weighted by atomic mass is 35.5. The summed E-state index contributed by atoms with van der Waals surface area (Å²) in [6, 6.07) is 3.80. The summed E-state index contributed by atoms with van der Waals surface area (Å²) in [4.78, 5) is 40.8. The van der Waals surface area contributed by atoms with Crippen LogP contribution in [0.2, 0.25) is 5.02 Å². The molecule has 1 aromatic rings. The van der Waals surface area contributed by atoms with Gasteiger partial charge in [-0.2, -0.15) is 4.99 Å². The van der Waals surface area contributed by atoms with Gasteiger partial charge in [-0.25, -0.2) is 0 Å². The summed E-state index contributed by atoms with van der Waals surface area (Å²) in [7, 11) is 0. The molecule has 0 aliphatic carbocycles. The second kappa shape index (κ2) is 8.05. The summed E-state index contributed by atoms with van der Waals surface area (Å²) in [5.41, 5.74) is -0.0229. The first-order valence-corrected chi connectivity index (χ1v) is 9.48. The van der Waals surface area contributed by atoms with Crippen molar-refractivity contribution in [2.24, 2.45) is 4.99 Å². The van der Waals surface area contributed by atoms with Crippen molar-refractivity contribution >= 4 is 51.7 Å². The summed E-state index contributed by atoms with van der Waals surface area (Å²) >= 11 is 7.28. The van der Waals surface area contributed by atoms with Crippen molar-refractivity contribution in [3.05, 3.63) is 33.3 Å². The first-order valence-electron chi connectivity index (χ1n) is 8.22. The van der Waals surface area contributed by atoms with E-state index >= 15 is 0 Å². The Balaban J connectivity index is 1.60. The zero-order valence-corrected chi connectivity index (χ0v) is 15.4. The highest BCUT2D eigenvalue weighted by Crippen LogP contribution is 2.30. The van der Waals surface area contributed by atoms with Gasteiger partial charge in [0.2, 0.25) is 5.91 Å². The van der Waals surface area contributed by atoms with Crippen molar-refractivity contribution in [2.45, 2.75) is 30.9 Å². The normalized spacial score (nSPS) is 20.0. The van der Waals surface area contributed by atoms with E-state index in [2.05, 4.69) is 15.2 Å². The molecule has 3 rings (SSSR count). The van der Waals surface area contributed by atoms with Crippen LogP contribution in [-0.4, -0.2) is 45.1 Å². The largest absolute Gasteiger partial charge is 0.351 e. The summed E-state index contributed by atoms with van der Waals surface area (Å²) in [5.74, 6) is -0.760. The van der Waals surface area contributed by atoms with Crippen LogP contribution in [0.25, 0.3) is 0 Å². The van der Waals surface area contributed by atoms with E-state index in [0.29, 0.717) is 5.17 Å². The topological polar surface area (TPSA) is 105 Å². The molecule has 0 spiro atoms. The van der Waals surface area contributed by atoms with E-state index in [9.17, 15) is 19.7 Å². The number of carbonyl (C=O) groups is 2. The smallest absolute Gasteiger partial charge is 0.271 e. The van der Waals surface area contributed by atoms with E-state index < -0.39 is 16.1 Å². The number of nitrogens with one attached hydrogen (secondary N) is 1. The van der Waals surface area contributed by atoms with E-state index in [1.165, 1.54) is 36.4 Å². The van der Waals surface area contributed by atoms with Crippen LogP contribution in [0, 0.1) is 10.1 Å². The number of thioether (sulfide) groups is 1. The lowest BCUT2D eigenvalue weighted by Gasteiger charge is -2.27. The minimum Gasteiger partial charge on any atom is -0.351 e. The van der Waals surface area contributed by atoms with Gasteiger partial charge in [0.25, 0.3) is 11.6 Å². The maximum atomic E-state index is 12.3. The number of nitrogens with zero attached hydrogens (tertiary/aromatic N) is 3. The van der Waals surface area contributed by atoms with E-state index in [1.807, 2.05) is 0 Å². The Labute approximate surface area is 159 Å². The first kappa shape index (κ1) is 18.7. The fourth-order valence-corrected chi connectivity index (χ4v) is 4.10. The highest BCUT2D eigenvalue weighted by Gasteiger charge is 2.33. The Kier molecular flexibility index (Phi) is 5.77. The molecule has 138 valence electrons. The quantitative estimate of drug-likeness (QED) is 0.619. The maximum absolute atomic E-state index is 12.3. The van der Waals surface area contributed by atoms with E-state index in [1.54, 1.807) is 0 Å². The van der Waals surface area contributed by atoms with Gasteiger partial charge >= 0.3 is 0 Å². The molecule has 0 saturated carbocycles. The van der Waals surface area contributed by atoms with Crippen molar-refractivity contribution in [1.29, 1.82) is 0 Å². The molecule has 1 fully saturated rings. The number of amides is 2. The van der Waals surface area contributed by atoms with Crippen molar-refractivity contribution in [1.82, 2.24) is 4.90 Å². The first-order chi connectivity index (χ1) is 12.4. The lowest BCUT2D eigenvalue weighted by Crippen LogP contribution is -2.33. The molecule has 10 heteroatoms. The van der Waals surface area contributed by atoms with Crippen LogP contribution >= 0.6 is 23.4 Å². The molecule has 8 nitrogen and oxygen atoms in total. The van der Waals surface area contributed by atoms with Crippen LogP contribution in [0.4, 0.5) is 11.4 Å². The number of likely N-dealkylation sites (tertiary alicyclic amines) is 1. The number of non-ortho nitro benzene ring substituents is 1. The number of anilines is 1. The molecule has 1 N–H and O–H groups in total. The lowest BCUT2D eigenvalue weighted by molar-refractivity contribution is -0.384. The van der Waals surface area contributed by atoms with E-state index in [-0.39, 0.29) is 28.7 Å². The van der Waals surface area contributed by atoms with Crippen LogP contribution in [0.3, 0.4) is 0 Å². The van der Waals surface area contributed by atoms with Gasteiger partial charge in [0.15, 0.2) is 5.17 Å². The molecule has 0 unspecified atom stereocenters. The minimum absolute atomic E-state index is 0.0661. The molecule has 26 heavy (non-hydrogen) atoms. The third-order valence-corrected chi connectivity index (χ3v) is 5.70. The Morgan fingerprint density at radius 3 is 2.81 bits per heavy atom. The Bertz CT molecular complexity index is 780. The standard InChI is InChI=1S/C16H17ClN4O4S/c17-11-5-4-10(21(24)25)8-12(11)18-14(22)9-13-15(23)19-16(26-13)20-6-2-1-3-7-20/h4-5,8,13H,1-3,6-7,9H2,(H,18,22)/t13-/m1/s1. The summed E-state index contributed by atoms with van der Waals surface area (Å²) in [6.07, 6.45) is 3.26. The number of carbonyl (C=O) groups excluding carboxylic acids is 2. The van der Waals surface area contributed by atoms with Gasteiger partial charge in [-0.15, -0.1) is 0 Å². The monoisotopic (exact) mass is 396 g/mol. The second-order valence-electron chi connectivity index (χ2n) is 6.06. The van der Waals surface area contributed by atoms with Gasteiger partial charge in [0.05, 0.1) is 15.6 Å². The zero-order chi connectivity index (χ0) is 18.7. The third-order valence-electron chi connectivity index (χ3n) is 4.16. The van der Waals surface area contributed by atoms with E-state index in [4.69, 9.17) is 11.6 Å². The fraction of sp³-hybridized carbons (Fsp3) is 0.438. The number of benzene rings is 1. The number of nitro groups is 1. The van der Waals surface area contributed by atoms with Gasteiger partial charge in [-0.1, -0.05) is 23.4 Å². The molecular formula is C16H17ClN4O4S. The molecular weight excluding hydrogens is 380 g/mol. The van der Waals surface area contributed by atoms with Crippen molar-refractivity contribution in [3.8, 4) is 0 Å². The van der Waals surface area contributed by atoms with Gasteiger partial charge < -0.3 is 10.2 Å². The molecule has 2 amide bonds. The molecule has 0 aromatic heterocycles. The average Bonchev–Trinajstić information content (AvgIpc) is 2.98. The highest BCUT2D eigenvalue weighted by molar-refractivity contribution is 8.15. The molecule has 2 aliphatic heterocycles. The zero-order valence-electron chi connectivity index (χ0n) is 13.8. The van der Waals surface area contributed by atoms with Crippen molar-refractivity contribution in [3.63, 3.8) is 0 Å². The minimum atomic E-state index is -0.579. The van der Waals surface area contributed by atoms with Gasteiger partial charge in [0.1, 0.15) is 5.25 Å². The Morgan fingerprint density at radius 1 is 1.38 bits per heavy atom. The molecule has 0 bridgehead atoms. The Hall–Kier alpha value is -2.13. The molecule has 1 saturated heterocycles. The second-order valence-corrected chi connectivity index (χ2v) is 7.64. The number of amidine groups is 1. The fourth-order valence-electron chi connectivity index (χ4n) is 2.82. The lowest BCUT2D eigenvalue weighted by atomic mass is 10.1. The van der Waals surface area contributed by atoms with Crippen molar-refractivity contribution < 1.29 is 14.5 Å². The molecule has 1 atom stereocenters. The molecule has 1 aromatic carbocycles. The number of rotatable bonds is 4. The van der Waals surface area contributed by atoms with Crippen molar-refractivity contribution in [2.75, 3.05) is 18.4 Å². The van der Waals surface area contributed by atoms with Crippen LogP contribution < -0.4 is 5.32 Å².